The maximum absolute atomic E-state index is 9.00. The van der Waals surface area contributed by atoms with Crippen molar-refractivity contribution in [2.24, 2.45) is 0 Å². The van der Waals surface area contributed by atoms with Gasteiger partial charge in [0.15, 0.2) is 0 Å². The summed E-state index contributed by atoms with van der Waals surface area (Å²) in [7, 11) is 0. The highest BCUT2D eigenvalue weighted by Gasteiger charge is 2.04. The third-order valence-electron chi connectivity index (χ3n) is 3.71. The van der Waals surface area contributed by atoms with Crippen LogP contribution in [0.25, 0.3) is 0 Å². The molecule has 0 aliphatic carbocycles. The summed E-state index contributed by atoms with van der Waals surface area (Å²) in [5, 5.41) is 16.3. The fourth-order valence-electron chi connectivity index (χ4n) is 2.56. The number of nitrogens with one attached hydrogen (secondary N) is 2. The molecule has 3 aromatic rings. The zero-order valence-electron chi connectivity index (χ0n) is 14.3. The second-order valence-corrected chi connectivity index (χ2v) is 6.25. The normalized spacial score (nSPS) is 10.2. The van der Waals surface area contributed by atoms with Crippen molar-refractivity contribution in [2.75, 3.05) is 17.2 Å². The fraction of sp³-hybridized carbons (Fsp3) is 0.150. The summed E-state index contributed by atoms with van der Waals surface area (Å²) in [5.74, 6) is 2.09. The van der Waals surface area contributed by atoms with Gasteiger partial charge in [-0.25, -0.2) is 9.97 Å². The van der Waals surface area contributed by atoms with Gasteiger partial charge in [0, 0.05) is 23.3 Å². The average molecular weight is 364 g/mol. The number of nitrogens with zero attached hydrogens (tertiary/aromatic N) is 3. The van der Waals surface area contributed by atoms with Crippen LogP contribution in [0.2, 0.25) is 5.02 Å². The Hall–Kier alpha value is -3.10. The third-order valence-corrected chi connectivity index (χ3v) is 3.95. The number of aromatic nitrogens is 2. The lowest BCUT2D eigenvalue weighted by atomic mass is 10.1. The molecule has 0 fully saturated rings. The molecule has 0 bridgehead atoms. The SMILES string of the molecule is Cc1nc(NCCc2cccc(Cl)c2)cc(Nc2cccc(C#N)c2)n1. The molecular formula is C20H18ClN5. The van der Waals surface area contributed by atoms with Crippen LogP contribution in [-0.4, -0.2) is 16.5 Å². The summed E-state index contributed by atoms with van der Waals surface area (Å²) in [4.78, 5) is 8.82. The third kappa shape index (κ3) is 4.95. The lowest BCUT2D eigenvalue weighted by molar-refractivity contribution is 0.983. The first kappa shape index (κ1) is 17.7. The smallest absolute Gasteiger partial charge is 0.136 e. The van der Waals surface area contributed by atoms with Gasteiger partial charge < -0.3 is 10.6 Å². The van der Waals surface area contributed by atoms with Gasteiger partial charge >= 0.3 is 0 Å². The van der Waals surface area contributed by atoms with Gasteiger partial charge in [0.05, 0.1) is 11.6 Å². The van der Waals surface area contributed by atoms with Gasteiger partial charge in [-0.15, -0.1) is 0 Å². The van der Waals surface area contributed by atoms with E-state index in [-0.39, 0.29) is 0 Å². The molecule has 26 heavy (non-hydrogen) atoms. The number of benzene rings is 2. The molecule has 0 aliphatic rings. The van der Waals surface area contributed by atoms with Gasteiger partial charge in [-0.2, -0.15) is 5.26 Å². The Morgan fingerprint density at radius 1 is 1.04 bits per heavy atom. The number of aryl methyl sites for hydroxylation is 1. The summed E-state index contributed by atoms with van der Waals surface area (Å²) in [6.07, 6.45) is 0.844. The van der Waals surface area contributed by atoms with Crippen molar-refractivity contribution in [1.82, 2.24) is 9.97 Å². The number of anilines is 3. The molecular weight excluding hydrogens is 346 g/mol. The molecule has 2 N–H and O–H groups in total. The highest BCUT2D eigenvalue weighted by atomic mass is 35.5. The van der Waals surface area contributed by atoms with Crippen LogP contribution in [0, 0.1) is 18.3 Å². The molecule has 3 rings (SSSR count). The molecule has 5 nitrogen and oxygen atoms in total. The first-order chi connectivity index (χ1) is 12.6. The predicted octanol–water partition coefficient (Wildman–Crippen LogP) is 4.71. The van der Waals surface area contributed by atoms with Crippen LogP contribution in [0.4, 0.5) is 17.3 Å². The minimum Gasteiger partial charge on any atom is -0.370 e. The molecule has 0 unspecified atom stereocenters. The number of hydrogen-bond donors (Lipinski definition) is 2. The number of hydrogen-bond acceptors (Lipinski definition) is 5. The van der Waals surface area contributed by atoms with Crippen molar-refractivity contribution in [3.8, 4) is 6.07 Å². The molecule has 2 aromatic carbocycles. The van der Waals surface area contributed by atoms with E-state index in [2.05, 4.69) is 26.7 Å². The zero-order valence-corrected chi connectivity index (χ0v) is 15.1. The van der Waals surface area contributed by atoms with E-state index in [4.69, 9.17) is 16.9 Å². The summed E-state index contributed by atoms with van der Waals surface area (Å²) >= 11 is 6.01. The Balaban J connectivity index is 1.66. The molecule has 6 heteroatoms. The van der Waals surface area contributed by atoms with E-state index in [9.17, 15) is 0 Å². The van der Waals surface area contributed by atoms with Crippen molar-refractivity contribution >= 4 is 28.9 Å². The van der Waals surface area contributed by atoms with Crippen LogP contribution in [0.5, 0.6) is 0 Å². The van der Waals surface area contributed by atoms with Crippen LogP contribution < -0.4 is 10.6 Å². The van der Waals surface area contributed by atoms with Crippen LogP contribution in [-0.2, 0) is 6.42 Å². The molecule has 0 saturated heterocycles. The molecule has 1 aromatic heterocycles. The first-order valence-electron chi connectivity index (χ1n) is 8.23. The Morgan fingerprint density at radius 3 is 2.65 bits per heavy atom. The summed E-state index contributed by atoms with van der Waals surface area (Å²) < 4.78 is 0. The Kier molecular flexibility index (Phi) is 5.67. The van der Waals surface area contributed by atoms with Gasteiger partial charge in [-0.3, -0.25) is 0 Å². The molecule has 0 saturated carbocycles. The second kappa shape index (κ2) is 8.32. The van der Waals surface area contributed by atoms with E-state index >= 15 is 0 Å². The maximum atomic E-state index is 9.00. The van der Waals surface area contributed by atoms with E-state index in [1.807, 2.05) is 49.4 Å². The van der Waals surface area contributed by atoms with Crippen molar-refractivity contribution in [2.45, 2.75) is 13.3 Å². The monoisotopic (exact) mass is 363 g/mol. The quantitative estimate of drug-likeness (QED) is 0.663. The van der Waals surface area contributed by atoms with Crippen molar-refractivity contribution in [3.63, 3.8) is 0 Å². The predicted molar refractivity (Wildman–Crippen MR) is 105 cm³/mol. The Morgan fingerprint density at radius 2 is 1.85 bits per heavy atom. The summed E-state index contributed by atoms with van der Waals surface area (Å²) in [6, 6.07) is 19.1. The topological polar surface area (TPSA) is 73.6 Å². The summed E-state index contributed by atoms with van der Waals surface area (Å²) in [5.41, 5.74) is 2.58. The fourth-order valence-corrected chi connectivity index (χ4v) is 2.78. The zero-order chi connectivity index (χ0) is 18.4. The summed E-state index contributed by atoms with van der Waals surface area (Å²) in [6.45, 7) is 2.58. The van der Waals surface area contributed by atoms with E-state index in [0.717, 1.165) is 29.5 Å². The molecule has 0 aliphatic heterocycles. The molecule has 0 spiro atoms. The van der Waals surface area contributed by atoms with E-state index in [1.165, 1.54) is 5.56 Å². The molecule has 0 radical (unpaired) electrons. The Labute approximate surface area is 157 Å². The minimum absolute atomic E-state index is 0.598. The van der Waals surface area contributed by atoms with Crippen LogP contribution >= 0.6 is 11.6 Å². The molecule has 130 valence electrons. The number of nitriles is 1. The van der Waals surface area contributed by atoms with E-state index < -0.39 is 0 Å². The molecule has 0 amide bonds. The number of halogens is 1. The number of rotatable bonds is 6. The van der Waals surface area contributed by atoms with Crippen molar-refractivity contribution in [1.29, 1.82) is 5.26 Å². The lowest BCUT2D eigenvalue weighted by Crippen LogP contribution is -2.08. The minimum atomic E-state index is 0.598. The van der Waals surface area contributed by atoms with Crippen LogP contribution in [0.1, 0.15) is 17.0 Å². The van der Waals surface area contributed by atoms with Gasteiger partial charge in [-0.05, 0) is 49.2 Å². The highest BCUT2D eigenvalue weighted by Crippen LogP contribution is 2.18. The van der Waals surface area contributed by atoms with Gasteiger partial charge in [0.2, 0.25) is 0 Å². The largest absolute Gasteiger partial charge is 0.370 e. The van der Waals surface area contributed by atoms with Crippen LogP contribution in [0.15, 0.2) is 54.6 Å². The van der Waals surface area contributed by atoms with E-state index in [1.54, 1.807) is 12.1 Å². The standard InChI is InChI=1S/C20H18ClN5/c1-14-24-19(23-9-8-15-4-2-6-17(21)10-15)12-20(25-14)26-18-7-3-5-16(11-18)13-22/h2-7,10-12H,8-9H2,1H3,(H2,23,24,25,26). The van der Waals surface area contributed by atoms with Crippen molar-refractivity contribution in [3.05, 3.63) is 76.6 Å². The van der Waals surface area contributed by atoms with Crippen molar-refractivity contribution < 1.29 is 0 Å². The average Bonchev–Trinajstić information content (AvgIpc) is 2.61. The van der Waals surface area contributed by atoms with Crippen LogP contribution in [0.3, 0.4) is 0 Å². The molecule has 1 heterocycles. The highest BCUT2D eigenvalue weighted by molar-refractivity contribution is 6.30. The Bertz CT molecular complexity index is 949. The first-order valence-corrected chi connectivity index (χ1v) is 8.61. The van der Waals surface area contributed by atoms with Gasteiger partial charge in [0.1, 0.15) is 17.5 Å². The van der Waals surface area contributed by atoms with Gasteiger partial charge in [0.25, 0.3) is 0 Å². The van der Waals surface area contributed by atoms with E-state index in [0.29, 0.717) is 17.2 Å². The lowest BCUT2D eigenvalue weighted by Gasteiger charge is -2.10. The van der Waals surface area contributed by atoms with Gasteiger partial charge in [-0.1, -0.05) is 29.8 Å². The maximum Gasteiger partial charge on any atom is 0.136 e. The second-order valence-electron chi connectivity index (χ2n) is 5.81. The molecule has 0 atom stereocenters.